The largest absolute Gasteiger partial charge is 0.469 e. The van der Waals surface area contributed by atoms with Gasteiger partial charge in [-0.25, -0.2) is 0 Å². The van der Waals surface area contributed by atoms with Crippen LogP contribution in [0.4, 0.5) is 0 Å². The first kappa shape index (κ1) is 15.9. The number of carbonyl (C=O) groups is 2. The maximum Gasteiger partial charge on any atom is 0.308 e. The molecule has 0 radical (unpaired) electrons. The topological polar surface area (TPSA) is 68.5 Å². The average Bonchev–Trinajstić information content (AvgIpc) is 2.96. The quantitative estimate of drug-likeness (QED) is 0.847. The number of esters is 1. The first-order valence-electron chi connectivity index (χ1n) is 7.10. The Labute approximate surface area is 128 Å². The van der Waals surface area contributed by atoms with Crippen LogP contribution in [-0.2, 0) is 15.3 Å². The molecule has 1 amide bonds. The summed E-state index contributed by atoms with van der Waals surface area (Å²) in [7, 11) is 1.42. The van der Waals surface area contributed by atoms with E-state index in [0.29, 0.717) is 5.76 Å². The van der Waals surface area contributed by atoms with Crippen LogP contribution >= 0.6 is 11.8 Å². The van der Waals surface area contributed by atoms with Crippen molar-refractivity contribution in [3.63, 3.8) is 0 Å². The Kier molecular flexibility index (Phi) is 5.73. The second-order valence-electron chi connectivity index (χ2n) is 5.24. The number of methoxy groups -OCH3 is 1. The van der Waals surface area contributed by atoms with E-state index in [1.807, 2.05) is 12.3 Å². The highest BCUT2D eigenvalue weighted by Crippen LogP contribution is 2.25. The van der Waals surface area contributed by atoms with Crippen molar-refractivity contribution in [1.29, 1.82) is 0 Å². The van der Waals surface area contributed by atoms with Crippen LogP contribution in [0.25, 0.3) is 0 Å². The molecule has 1 saturated carbocycles. The number of hydrogen-bond donors (Lipinski definition) is 1. The summed E-state index contributed by atoms with van der Waals surface area (Å²) < 4.78 is 10.3. The van der Waals surface area contributed by atoms with E-state index in [1.165, 1.54) is 7.11 Å². The lowest BCUT2D eigenvalue weighted by Gasteiger charge is -2.27. The molecule has 1 heterocycles. The van der Waals surface area contributed by atoms with Crippen LogP contribution in [0.5, 0.6) is 0 Å². The van der Waals surface area contributed by atoms with E-state index in [9.17, 15) is 9.59 Å². The van der Waals surface area contributed by atoms with Crippen molar-refractivity contribution in [2.75, 3.05) is 13.4 Å². The van der Waals surface area contributed by atoms with Gasteiger partial charge in [0.25, 0.3) is 5.91 Å². The highest BCUT2D eigenvalue weighted by atomic mass is 32.2. The van der Waals surface area contributed by atoms with Crippen molar-refractivity contribution in [3.8, 4) is 0 Å². The van der Waals surface area contributed by atoms with Gasteiger partial charge in [-0.3, -0.25) is 9.59 Å². The lowest BCUT2D eigenvalue weighted by atomic mass is 9.86. The Morgan fingerprint density at radius 2 is 2.05 bits per heavy atom. The monoisotopic (exact) mass is 311 g/mol. The Balaban J connectivity index is 1.82. The summed E-state index contributed by atoms with van der Waals surface area (Å²) in [6.45, 7) is 0. The van der Waals surface area contributed by atoms with Gasteiger partial charge in [0, 0.05) is 6.04 Å². The van der Waals surface area contributed by atoms with Crippen LogP contribution in [0, 0.1) is 5.92 Å². The number of ether oxygens (including phenoxy) is 1. The zero-order valence-corrected chi connectivity index (χ0v) is 13.2. The fourth-order valence-electron chi connectivity index (χ4n) is 2.62. The number of furan rings is 1. The van der Waals surface area contributed by atoms with Gasteiger partial charge in [0.1, 0.15) is 5.76 Å². The third-order valence-corrected chi connectivity index (χ3v) is 4.34. The van der Waals surface area contributed by atoms with Crippen molar-refractivity contribution in [1.82, 2.24) is 5.32 Å². The van der Waals surface area contributed by atoms with Crippen LogP contribution in [0.1, 0.15) is 42.0 Å². The summed E-state index contributed by atoms with van der Waals surface area (Å²) >= 11 is 1.65. The number of nitrogens with one attached hydrogen (secondary N) is 1. The van der Waals surface area contributed by atoms with Gasteiger partial charge in [0.05, 0.1) is 18.8 Å². The summed E-state index contributed by atoms with van der Waals surface area (Å²) in [6, 6.07) is 3.65. The van der Waals surface area contributed by atoms with E-state index in [-0.39, 0.29) is 23.8 Å². The predicted octanol–water partition coefficient (Wildman–Crippen LogP) is 2.60. The second kappa shape index (κ2) is 7.54. The fraction of sp³-hybridized carbons (Fsp3) is 0.600. The first-order valence-corrected chi connectivity index (χ1v) is 8.49. The van der Waals surface area contributed by atoms with Crippen molar-refractivity contribution in [2.24, 2.45) is 5.92 Å². The average molecular weight is 311 g/mol. The molecule has 1 aliphatic carbocycles. The molecule has 1 aromatic heterocycles. The number of hydrogen-bond acceptors (Lipinski definition) is 5. The van der Waals surface area contributed by atoms with Crippen LogP contribution in [0.3, 0.4) is 0 Å². The molecule has 116 valence electrons. The van der Waals surface area contributed by atoms with Crippen LogP contribution < -0.4 is 5.32 Å². The molecule has 5 nitrogen and oxygen atoms in total. The zero-order valence-electron chi connectivity index (χ0n) is 12.4. The zero-order chi connectivity index (χ0) is 15.2. The van der Waals surface area contributed by atoms with Gasteiger partial charge in [-0.2, -0.15) is 11.8 Å². The van der Waals surface area contributed by atoms with Gasteiger partial charge in [0.15, 0.2) is 5.76 Å². The van der Waals surface area contributed by atoms with Gasteiger partial charge in [-0.1, -0.05) is 0 Å². The number of amides is 1. The molecule has 0 spiro atoms. The van der Waals surface area contributed by atoms with Crippen molar-refractivity contribution >= 4 is 23.6 Å². The second-order valence-corrected chi connectivity index (χ2v) is 6.11. The van der Waals surface area contributed by atoms with Gasteiger partial charge < -0.3 is 14.5 Å². The van der Waals surface area contributed by atoms with E-state index in [1.54, 1.807) is 17.8 Å². The summed E-state index contributed by atoms with van der Waals surface area (Å²) in [4.78, 5) is 23.6. The predicted molar refractivity (Wildman–Crippen MR) is 81.2 cm³/mol. The third-order valence-electron chi connectivity index (χ3n) is 3.77. The van der Waals surface area contributed by atoms with Crippen molar-refractivity contribution in [3.05, 3.63) is 23.7 Å². The fourth-order valence-corrected chi connectivity index (χ4v) is 3.06. The molecule has 6 heteroatoms. The minimum absolute atomic E-state index is 0.0278. The highest BCUT2D eigenvalue weighted by Gasteiger charge is 2.28. The maximum absolute atomic E-state index is 12.1. The molecular formula is C15H21NO4S. The summed E-state index contributed by atoms with van der Waals surface area (Å²) in [5, 5.41) is 2.98. The molecule has 1 aromatic rings. The van der Waals surface area contributed by atoms with E-state index < -0.39 is 0 Å². The number of rotatable bonds is 5. The number of thioether (sulfide) groups is 1. The van der Waals surface area contributed by atoms with Crippen molar-refractivity contribution in [2.45, 2.75) is 37.5 Å². The van der Waals surface area contributed by atoms with Crippen LogP contribution in [-0.4, -0.2) is 31.3 Å². The molecular weight excluding hydrogens is 290 g/mol. The highest BCUT2D eigenvalue weighted by molar-refractivity contribution is 7.97. The van der Waals surface area contributed by atoms with Crippen molar-refractivity contribution < 1.29 is 18.7 Å². The van der Waals surface area contributed by atoms with Crippen LogP contribution in [0.15, 0.2) is 16.5 Å². The Bertz CT molecular complexity index is 492. The van der Waals surface area contributed by atoms with Gasteiger partial charge in [0.2, 0.25) is 0 Å². The van der Waals surface area contributed by atoms with Gasteiger partial charge in [-0.05, 0) is 44.1 Å². The third kappa shape index (κ3) is 4.27. The molecule has 0 saturated heterocycles. The lowest BCUT2D eigenvalue weighted by molar-refractivity contribution is -0.146. The number of carbonyl (C=O) groups excluding carboxylic acids is 2. The van der Waals surface area contributed by atoms with E-state index in [2.05, 4.69) is 5.32 Å². The minimum atomic E-state index is -0.177. The maximum atomic E-state index is 12.1. The lowest BCUT2D eigenvalue weighted by Crippen LogP contribution is -2.38. The molecule has 1 N–H and O–H groups in total. The van der Waals surface area contributed by atoms with Crippen LogP contribution in [0.2, 0.25) is 0 Å². The molecule has 2 rings (SSSR count). The SMILES string of the molecule is COC(=O)C1CCC(NC(=O)c2ccc(CSC)o2)CC1. The molecule has 0 bridgehead atoms. The molecule has 21 heavy (non-hydrogen) atoms. The van der Waals surface area contributed by atoms with Gasteiger partial charge in [-0.15, -0.1) is 0 Å². The molecule has 1 fully saturated rings. The molecule has 0 unspecified atom stereocenters. The molecule has 0 aliphatic heterocycles. The van der Waals surface area contributed by atoms with Gasteiger partial charge >= 0.3 is 5.97 Å². The first-order chi connectivity index (χ1) is 10.1. The van der Waals surface area contributed by atoms with E-state index in [4.69, 9.17) is 9.15 Å². The summed E-state index contributed by atoms with van der Waals surface area (Å²) in [5.41, 5.74) is 0. The summed E-state index contributed by atoms with van der Waals surface area (Å²) in [6.07, 6.45) is 5.09. The Morgan fingerprint density at radius 3 is 2.67 bits per heavy atom. The normalized spacial score (nSPS) is 21.8. The standard InChI is InChI=1S/C15H21NO4S/c1-19-15(18)10-3-5-11(6-4-10)16-14(17)13-8-7-12(20-13)9-21-2/h7-8,10-11H,3-6,9H2,1-2H3,(H,16,17). The Morgan fingerprint density at radius 1 is 1.33 bits per heavy atom. The van der Waals surface area contributed by atoms with E-state index in [0.717, 1.165) is 37.2 Å². The molecule has 0 atom stereocenters. The minimum Gasteiger partial charge on any atom is -0.469 e. The smallest absolute Gasteiger partial charge is 0.308 e. The molecule has 0 aromatic carbocycles. The summed E-state index contributed by atoms with van der Waals surface area (Å²) in [5.74, 6) is 1.57. The molecule has 1 aliphatic rings. The van der Waals surface area contributed by atoms with E-state index >= 15 is 0 Å². The Hall–Kier alpha value is -1.43.